The molecule has 2 aromatic rings. The van der Waals surface area contributed by atoms with Crippen molar-refractivity contribution in [3.63, 3.8) is 0 Å². The van der Waals surface area contributed by atoms with E-state index in [1.165, 1.54) is 0 Å². The standard InChI is InChI=1S/C13H9BrCl2N2O/c1-7-2-12(17-6-11(7)14)18-13(19)8-3-9(15)5-10(16)4-8/h2-6H,1H3,(H,17,18,19). The van der Waals surface area contributed by atoms with E-state index in [-0.39, 0.29) is 5.91 Å². The van der Waals surface area contributed by atoms with Gasteiger partial charge in [0.2, 0.25) is 0 Å². The maximum atomic E-state index is 12.0. The van der Waals surface area contributed by atoms with E-state index >= 15 is 0 Å². The highest BCUT2D eigenvalue weighted by atomic mass is 79.9. The van der Waals surface area contributed by atoms with Crippen molar-refractivity contribution in [1.82, 2.24) is 4.98 Å². The summed E-state index contributed by atoms with van der Waals surface area (Å²) in [7, 11) is 0. The molecule has 0 radical (unpaired) electrons. The van der Waals surface area contributed by atoms with Gasteiger partial charge in [-0.25, -0.2) is 4.98 Å². The summed E-state index contributed by atoms with van der Waals surface area (Å²) in [6.45, 7) is 1.91. The van der Waals surface area contributed by atoms with Crippen LogP contribution in [0.2, 0.25) is 10.0 Å². The first kappa shape index (κ1) is 14.3. The van der Waals surface area contributed by atoms with Gasteiger partial charge in [0, 0.05) is 26.3 Å². The molecule has 3 nitrogen and oxygen atoms in total. The predicted molar refractivity (Wildman–Crippen MR) is 81.1 cm³/mol. The van der Waals surface area contributed by atoms with Crippen molar-refractivity contribution in [2.45, 2.75) is 6.92 Å². The van der Waals surface area contributed by atoms with Gasteiger partial charge in [-0.05, 0) is 52.7 Å². The molecule has 0 bridgehead atoms. The molecule has 0 saturated heterocycles. The summed E-state index contributed by atoms with van der Waals surface area (Å²) in [6.07, 6.45) is 1.63. The predicted octanol–water partition coefficient (Wildman–Crippen LogP) is 4.71. The van der Waals surface area contributed by atoms with Gasteiger partial charge in [0.05, 0.1) is 0 Å². The van der Waals surface area contributed by atoms with Gasteiger partial charge in [-0.1, -0.05) is 23.2 Å². The van der Waals surface area contributed by atoms with E-state index in [0.717, 1.165) is 10.0 Å². The fraction of sp³-hybridized carbons (Fsp3) is 0.0769. The van der Waals surface area contributed by atoms with E-state index in [1.807, 2.05) is 6.92 Å². The SMILES string of the molecule is Cc1cc(NC(=O)c2cc(Cl)cc(Cl)c2)ncc1Br. The smallest absolute Gasteiger partial charge is 0.256 e. The molecule has 6 heteroatoms. The second-order valence-corrected chi connectivity index (χ2v) is 5.66. The van der Waals surface area contributed by atoms with Crippen molar-refractivity contribution in [1.29, 1.82) is 0 Å². The number of rotatable bonds is 2. The first-order chi connectivity index (χ1) is 8.95. The Morgan fingerprint density at radius 3 is 2.42 bits per heavy atom. The topological polar surface area (TPSA) is 42.0 Å². The van der Waals surface area contributed by atoms with Gasteiger partial charge < -0.3 is 5.32 Å². The molecule has 0 aliphatic rings. The molecule has 1 N–H and O–H groups in total. The fourth-order valence-electron chi connectivity index (χ4n) is 1.48. The van der Waals surface area contributed by atoms with Crippen molar-refractivity contribution in [2.75, 3.05) is 5.32 Å². The number of pyridine rings is 1. The molecule has 1 amide bonds. The van der Waals surface area contributed by atoms with Crippen LogP contribution in [0.1, 0.15) is 15.9 Å². The maximum Gasteiger partial charge on any atom is 0.256 e. The molecule has 0 saturated carbocycles. The largest absolute Gasteiger partial charge is 0.307 e. The zero-order chi connectivity index (χ0) is 14.0. The summed E-state index contributed by atoms with van der Waals surface area (Å²) in [4.78, 5) is 16.1. The summed E-state index contributed by atoms with van der Waals surface area (Å²) >= 11 is 15.1. The summed E-state index contributed by atoms with van der Waals surface area (Å²) < 4.78 is 0.885. The van der Waals surface area contributed by atoms with Crippen LogP contribution < -0.4 is 5.32 Å². The lowest BCUT2D eigenvalue weighted by Gasteiger charge is -2.07. The van der Waals surface area contributed by atoms with Crippen LogP contribution in [0.15, 0.2) is 34.9 Å². The Morgan fingerprint density at radius 2 is 1.84 bits per heavy atom. The van der Waals surface area contributed by atoms with Crippen LogP contribution in [-0.4, -0.2) is 10.9 Å². The Kier molecular flexibility index (Phi) is 4.45. The number of hydrogen-bond acceptors (Lipinski definition) is 2. The first-order valence-corrected chi connectivity index (χ1v) is 6.90. The molecule has 0 aliphatic carbocycles. The van der Waals surface area contributed by atoms with Gasteiger partial charge in [-0.15, -0.1) is 0 Å². The molecule has 0 fully saturated rings. The summed E-state index contributed by atoms with van der Waals surface area (Å²) in [6, 6.07) is 6.44. The van der Waals surface area contributed by atoms with E-state index in [9.17, 15) is 4.79 Å². The minimum atomic E-state index is -0.307. The number of halogens is 3. The minimum absolute atomic E-state index is 0.307. The molecule has 0 unspecified atom stereocenters. The number of aryl methyl sites for hydroxylation is 1. The van der Waals surface area contributed by atoms with Crippen LogP contribution in [0, 0.1) is 6.92 Å². The van der Waals surface area contributed by atoms with Crippen LogP contribution in [0.4, 0.5) is 5.82 Å². The zero-order valence-electron chi connectivity index (χ0n) is 9.88. The fourth-order valence-corrected chi connectivity index (χ4v) is 2.22. The summed E-state index contributed by atoms with van der Waals surface area (Å²) in [5, 5.41) is 3.52. The highest BCUT2D eigenvalue weighted by molar-refractivity contribution is 9.10. The Labute approximate surface area is 129 Å². The van der Waals surface area contributed by atoms with Crippen LogP contribution in [-0.2, 0) is 0 Å². The van der Waals surface area contributed by atoms with E-state index in [4.69, 9.17) is 23.2 Å². The monoisotopic (exact) mass is 358 g/mol. The van der Waals surface area contributed by atoms with E-state index < -0.39 is 0 Å². The van der Waals surface area contributed by atoms with Crippen molar-refractivity contribution in [3.05, 3.63) is 56.1 Å². The number of aromatic nitrogens is 1. The lowest BCUT2D eigenvalue weighted by atomic mass is 10.2. The Hall–Kier alpha value is -1.10. The van der Waals surface area contributed by atoms with E-state index in [2.05, 4.69) is 26.2 Å². The molecule has 0 spiro atoms. The van der Waals surface area contributed by atoms with Crippen molar-refractivity contribution < 1.29 is 4.79 Å². The number of nitrogens with one attached hydrogen (secondary N) is 1. The van der Waals surface area contributed by atoms with Gasteiger partial charge in [0.15, 0.2) is 0 Å². The molecule has 0 aliphatic heterocycles. The number of carbonyl (C=O) groups is 1. The van der Waals surface area contributed by atoms with Crippen molar-refractivity contribution >= 4 is 50.9 Å². The Balaban J connectivity index is 2.22. The summed E-state index contributed by atoms with van der Waals surface area (Å²) in [5.41, 5.74) is 1.37. The van der Waals surface area contributed by atoms with Crippen LogP contribution in [0.25, 0.3) is 0 Å². The molecule has 1 aromatic carbocycles. The average Bonchev–Trinajstić information content (AvgIpc) is 2.32. The second-order valence-electron chi connectivity index (χ2n) is 3.93. The summed E-state index contributed by atoms with van der Waals surface area (Å²) in [5.74, 6) is 0.167. The number of anilines is 1. The van der Waals surface area contributed by atoms with Gasteiger partial charge in [0.1, 0.15) is 5.82 Å². The lowest BCUT2D eigenvalue weighted by molar-refractivity contribution is 0.102. The van der Waals surface area contributed by atoms with Gasteiger partial charge >= 0.3 is 0 Å². The minimum Gasteiger partial charge on any atom is -0.307 e. The van der Waals surface area contributed by atoms with Gasteiger partial charge in [-0.3, -0.25) is 4.79 Å². The lowest BCUT2D eigenvalue weighted by Crippen LogP contribution is -2.13. The molecular formula is C13H9BrCl2N2O. The zero-order valence-corrected chi connectivity index (χ0v) is 13.0. The quantitative estimate of drug-likeness (QED) is 0.843. The third-order valence-electron chi connectivity index (χ3n) is 2.41. The average molecular weight is 360 g/mol. The van der Waals surface area contributed by atoms with Gasteiger partial charge in [-0.2, -0.15) is 0 Å². The van der Waals surface area contributed by atoms with E-state index in [0.29, 0.717) is 21.4 Å². The normalized spacial score (nSPS) is 10.3. The number of benzene rings is 1. The van der Waals surface area contributed by atoms with Crippen LogP contribution in [0.3, 0.4) is 0 Å². The molecule has 0 atom stereocenters. The van der Waals surface area contributed by atoms with E-state index in [1.54, 1.807) is 30.5 Å². The highest BCUT2D eigenvalue weighted by Gasteiger charge is 2.09. The maximum absolute atomic E-state index is 12.0. The molecule has 19 heavy (non-hydrogen) atoms. The molecule has 98 valence electrons. The second kappa shape index (κ2) is 5.90. The third-order valence-corrected chi connectivity index (χ3v) is 3.68. The molecule has 1 heterocycles. The van der Waals surface area contributed by atoms with Crippen molar-refractivity contribution in [3.8, 4) is 0 Å². The Bertz CT molecular complexity index is 626. The van der Waals surface area contributed by atoms with Crippen LogP contribution in [0.5, 0.6) is 0 Å². The highest BCUT2D eigenvalue weighted by Crippen LogP contribution is 2.21. The molecule has 2 rings (SSSR count). The van der Waals surface area contributed by atoms with Crippen LogP contribution >= 0.6 is 39.1 Å². The Morgan fingerprint density at radius 1 is 1.21 bits per heavy atom. The first-order valence-electron chi connectivity index (χ1n) is 5.35. The number of hydrogen-bond donors (Lipinski definition) is 1. The molecular weight excluding hydrogens is 351 g/mol. The number of amides is 1. The number of carbonyl (C=O) groups excluding carboxylic acids is 1. The van der Waals surface area contributed by atoms with Crippen molar-refractivity contribution in [2.24, 2.45) is 0 Å². The van der Waals surface area contributed by atoms with Gasteiger partial charge in [0.25, 0.3) is 5.91 Å². The number of nitrogens with zero attached hydrogens (tertiary/aromatic N) is 1. The third kappa shape index (κ3) is 3.69. The molecule has 1 aromatic heterocycles.